The third-order valence-corrected chi connectivity index (χ3v) is 3.73. The van der Waals surface area contributed by atoms with E-state index < -0.39 is 11.9 Å². The number of hydrogen-bond acceptors (Lipinski definition) is 4. The number of aromatic carboxylic acids is 1. The van der Waals surface area contributed by atoms with Gasteiger partial charge in [0.15, 0.2) is 5.82 Å². The number of nitrogens with zero attached hydrogens (tertiary/aromatic N) is 4. The summed E-state index contributed by atoms with van der Waals surface area (Å²) in [5.41, 5.74) is 2.27. The Morgan fingerprint density at radius 2 is 2.00 bits per heavy atom. The first-order chi connectivity index (χ1) is 12.0. The molecule has 0 aliphatic rings. The van der Waals surface area contributed by atoms with Gasteiger partial charge in [0, 0.05) is 18.5 Å². The molecular weight excluding hydrogens is 322 g/mol. The molecule has 1 aromatic carbocycles. The molecule has 0 aliphatic carbocycles. The van der Waals surface area contributed by atoms with Crippen LogP contribution >= 0.6 is 0 Å². The number of carbonyl (C=O) groups excluding carboxylic acids is 1. The Morgan fingerprint density at radius 3 is 2.76 bits per heavy atom. The van der Waals surface area contributed by atoms with E-state index in [2.05, 4.69) is 15.5 Å². The topological polar surface area (TPSA) is 102 Å². The number of rotatable bonds is 6. The molecule has 25 heavy (non-hydrogen) atoms. The van der Waals surface area contributed by atoms with Gasteiger partial charge in [0.1, 0.15) is 12.2 Å². The van der Waals surface area contributed by atoms with Gasteiger partial charge in [-0.05, 0) is 24.1 Å². The van der Waals surface area contributed by atoms with E-state index in [1.807, 2.05) is 31.2 Å². The van der Waals surface area contributed by atoms with Gasteiger partial charge in [-0.3, -0.25) is 9.48 Å². The lowest BCUT2D eigenvalue weighted by Crippen LogP contribution is -2.22. The van der Waals surface area contributed by atoms with Crippen molar-refractivity contribution in [3.63, 3.8) is 0 Å². The molecule has 3 aromatic rings. The SMILES string of the molecule is Cc1ccccc1Cn1ccc(NC(=O)Cn2nccc2C(=O)O)n1. The number of amides is 1. The molecule has 2 N–H and O–H groups in total. The molecule has 1 amide bonds. The van der Waals surface area contributed by atoms with Gasteiger partial charge in [0.05, 0.1) is 6.54 Å². The molecule has 0 aliphatic heterocycles. The fourth-order valence-electron chi connectivity index (χ4n) is 2.44. The van der Waals surface area contributed by atoms with Crippen molar-refractivity contribution in [1.29, 1.82) is 0 Å². The van der Waals surface area contributed by atoms with Crippen LogP contribution in [0.1, 0.15) is 21.6 Å². The summed E-state index contributed by atoms with van der Waals surface area (Å²) in [7, 11) is 0. The predicted molar refractivity (Wildman–Crippen MR) is 90.3 cm³/mol. The molecular formula is C17H17N5O3. The number of carboxylic acids is 1. The summed E-state index contributed by atoms with van der Waals surface area (Å²) in [5, 5.41) is 19.8. The first kappa shape index (κ1) is 16.4. The van der Waals surface area contributed by atoms with E-state index in [4.69, 9.17) is 5.11 Å². The van der Waals surface area contributed by atoms with E-state index in [0.29, 0.717) is 12.4 Å². The third kappa shape index (κ3) is 3.92. The van der Waals surface area contributed by atoms with E-state index in [1.54, 1.807) is 16.9 Å². The number of nitrogens with one attached hydrogen (secondary N) is 1. The molecule has 0 atom stereocenters. The Labute approximate surface area is 143 Å². The number of benzene rings is 1. The fourth-order valence-corrected chi connectivity index (χ4v) is 2.44. The van der Waals surface area contributed by atoms with Crippen LogP contribution in [0.5, 0.6) is 0 Å². The van der Waals surface area contributed by atoms with Crippen LogP contribution in [-0.4, -0.2) is 36.5 Å². The summed E-state index contributed by atoms with van der Waals surface area (Å²) in [6.45, 7) is 2.44. The number of anilines is 1. The summed E-state index contributed by atoms with van der Waals surface area (Å²) < 4.78 is 2.86. The van der Waals surface area contributed by atoms with Crippen molar-refractivity contribution in [1.82, 2.24) is 19.6 Å². The van der Waals surface area contributed by atoms with Crippen molar-refractivity contribution in [2.75, 3.05) is 5.32 Å². The fraction of sp³-hybridized carbons (Fsp3) is 0.176. The molecule has 2 aromatic heterocycles. The van der Waals surface area contributed by atoms with E-state index in [9.17, 15) is 9.59 Å². The normalized spacial score (nSPS) is 10.6. The highest BCUT2D eigenvalue weighted by Gasteiger charge is 2.14. The molecule has 0 bridgehead atoms. The molecule has 8 heteroatoms. The molecule has 2 heterocycles. The first-order valence-corrected chi connectivity index (χ1v) is 7.66. The van der Waals surface area contributed by atoms with Crippen molar-refractivity contribution in [2.24, 2.45) is 0 Å². The minimum Gasteiger partial charge on any atom is -0.477 e. The number of carboxylic acid groups (broad SMARTS) is 1. The van der Waals surface area contributed by atoms with Gasteiger partial charge in [-0.2, -0.15) is 10.2 Å². The van der Waals surface area contributed by atoms with E-state index in [-0.39, 0.29) is 12.2 Å². The second-order valence-electron chi connectivity index (χ2n) is 5.55. The number of carbonyl (C=O) groups is 2. The average Bonchev–Trinajstić information content (AvgIpc) is 3.19. The molecule has 0 saturated carbocycles. The van der Waals surface area contributed by atoms with Crippen LogP contribution in [0.2, 0.25) is 0 Å². The zero-order chi connectivity index (χ0) is 17.8. The Balaban J connectivity index is 1.63. The predicted octanol–water partition coefficient (Wildman–Crippen LogP) is 1.77. The maximum Gasteiger partial charge on any atom is 0.354 e. The highest BCUT2D eigenvalue weighted by molar-refractivity contribution is 5.91. The van der Waals surface area contributed by atoms with E-state index in [1.165, 1.54) is 17.8 Å². The van der Waals surface area contributed by atoms with Gasteiger partial charge < -0.3 is 10.4 Å². The lowest BCUT2D eigenvalue weighted by Gasteiger charge is -2.06. The molecule has 0 unspecified atom stereocenters. The van der Waals surface area contributed by atoms with Crippen molar-refractivity contribution < 1.29 is 14.7 Å². The number of hydrogen-bond donors (Lipinski definition) is 2. The van der Waals surface area contributed by atoms with Crippen LogP contribution in [-0.2, 0) is 17.9 Å². The largest absolute Gasteiger partial charge is 0.477 e. The summed E-state index contributed by atoms with van der Waals surface area (Å²) in [6, 6.07) is 11.0. The highest BCUT2D eigenvalue weighted by Crippen LogP contribution is 2.10. The molecule has 0 saturated heterocycles. The van der Waals surface area contributed by atoms with Crippen LogP contribution in [0, 0.1) is 6.92 Å². The van der Waals surface area contributed by atoms with Crippen LogP contribution in [0.4, 0.5) is 5.82 Å². The summed E-state index contributed by atoms with van der Waals surface area (Å²) in [4.78, 5) is 23.1. The number of aromatic nitrogens is 4. The number of aryl methyl sites for hydroxylation is 1. The zero-order valence-corrected chi connectivity index (χ0v) is 13.6. The van der Waals surface area contributed by atoms with E-state index in [0.717, 1.165) is 10.2 Å². The maximum absolute atomic E-state index is 12.1. The van der Waals surface area contributed by atoms with Crippen molar-refractivity contribution in [3.8, 4) is 0 Å². The molecule has 8 nitrogen and oxygen atoms in total. The minimum absolute atomic E-state index is 0.0415. The van der Waals surface area contributed by atoms with Gasteiger partial charge in [0.25, 0.3) is 0 Å². The Bertz CT molecular complexity index is 912. The Morgan fingerprint density at radius 1 is 1.20 bits per heavy atom. The minimum atomic E-state index is -1.13. The van der Waals surface area contributed by atoms with Crippen molar-refractivity contribution >= 4 is 17.7 Å². The van der Waals surface area contributed by atoms with Crippen LogP contribution < -0.4 is 5.32 Å². The van der Waals surface area contributed by atoms with Gasteiger partial charge in [-0.15, -0.1) is 0 Å². The summed E-state index contributed by atoms with van der Waals surface area (Å²) >= 11 is 0. The quantitative estimate of drug-likeness (QED) is 0.712. The van der Waals surface area contributed by atoms with Gasteiger partial charge in [0.2, 0.25) is 5.91 Å². The molecule has 0 spiro atoms. The third-order valence-electron chi connectivity index (χ3n) is 3.73. The van der Waals surface area contributed by atoms with Crippen LogP contribution in [0.15, 0.2) is 48.8 Å². The lowest BCUT2D eigenvalue weighted by molar-refractivity contribution is -0.116. The van der Waals surface area contributed by atoms with Gasteiger partial charge >= 0.3 is 5.97 Å². The summed E-state index contributed by atoms with van der Waals surface area (Å²) in [5.74, 6) is -1.12. The van der Waals surface area contributed by atoms with Crippen LogP contribution in [0.3, 0.4) is 0 Å². The standard InChI is InChI=1S/C17H17N5O3/c1-12-4-2-3-5-13(12)10-21-9-7-15(20-21)19-16(23)11-22-14(17(24)25)6-8-18-22/h2-9H,10-11H2,1H3,(H,24,25)(H,19,20,23). The smallest absolute Gasteiger partial charge is 0.354 e. The van der Waals surface area contributed by atoms with Crippen molar-refractivity contribution in [2.45, 2.75) is 20.0 Å². The van der Waals surface area contributed by atoms with Gasteiger partial charge in [-0.25, -0.2) is 9.48 Å². The zero-order valence-electron chi connectivity index (χ0n) is 13.6. The highest BCUT2D eigenvalue weighted by atomic mass is 16.4. The van der Waals surface area contributed by atoms with Crippen LogP contribution in [0.25, 0.3) is 0 Å². The average molecular weight is 339 g/mol. The molecule has 0 fully saturated rings. The Hall–Kier alpha value is -3.42. The Kier molecular flexibility index (Phi) is 4.60. The first-order valence-electron chi connectivity index (χ1n) is 7.66. The second kappa shape index (κ2) is 7.00. The molecule has 0 radical (unpaired) electrons. The monoisotopic (exact) mass is 339 g/mol. The second-order valence-corrected chi connectivity index (χ2v) is 5.55. The van der Waals surface area contributed by atoms with Gasteiger partial charge in [-0.1, -0.05) is 24.3 Å². The lowest BCUT2D eigenvalue weighted by atomic mass is 10.1. The van der Waals surface area contributed by atoms with E-state index >= 15 is 0 Å². The summed E-state index contributed by atoms with van der Waals surface area (Å²) in [6.07, 6.45) is 3.12. The molecule has 3 rings (SSSR count). The van der Waals surface area contributed by atoms with Crippen molar-refractivity contribution in [3.05, 3.63) is 65.6 Å². The molecule has 128 valence electrons. The maximum atomic E-state index is 12.1.